The van der Waals surface area contributed by atoms with Crippen molar-refractivity contribution in [2.24, 2.45) is 0 Å². The van der Waals surface area contributed by atoms with Gasteiger partial charge in [0.05, 0.1) is 0 Å². The summed E-state index contributed by atoms with van der Waals surface area (Å²) in [5.74, 6) is 5.74. The number of carbonyl (C=O) groups excluding carboxylic acids is 1. The summed E-state index contributed by atoms with van der Waals surface area (Å²) in [6.45, 7) is 6.02. The average Bonchev–Trinajstić information content (AvgIpc) is 2.09. The molecule has 3 heteroatoms. The van der Waals surface area contributed by atoms with E-state index < -0.39 is 0 Å². The Labute approximate surface area is 85.0 Å². The first-order chi connectivity index (χ1) is 6.75. The molecule has 0 bridgehead atoms. The zero-order valence-electron chi connectivity index (χ0n) is 8.74. The molecule has 0 aromatic rings. The second-order valence-corrected chi connectivity index (χ2v) is 3.26. The van der Waals surface area contributed by atoms with Crippen LogP contribution in [-0.2, 0) is 4.79 Å². The smallest absolute Gasteiger partial charge is 0.246 e. The van der Waals surface area contributed by atoms with Crippen molar-refractivity contribution in [3.05, 3.63) is 11.1 Å². The standard InChI is InChI=1S/C11H16N2O/c1-3-4-5-6-13-11(14)9(2)10-7-12-8-10/h12H,5-8H2,1-2H3,(H,13,14). The molecule has 14 heavy (non-hydrogen) atoms. The molecule has 0 spiro atoms. The van der Waals surface area contributed by atoms with Crippen molar-refractivity contribution in [3.63, 3.8) is 0 Å². The normalized spacial score (nSPS) is 13.7. The lowest BCUT2D eigenvalue weighted by molar-refractivity contribution is -0.117. The number of nitrogens with one attached hydrogen (secondary N) is 2. The van der Waals surface area contributed by atoms with Gasteiger partial charge in [-0.05, 0) is 19.4 Å². The number of rotatable bonds is 3. The van der Waals surface area contributed by atoms with Gasteiger partial charge >= 0.3 is 0 Å². The van der Waals surface area contributed by atoms with Crippen LogP contribution in [-0.4, -0.2) is 25.5 Å². The number of hydrogen-bond donors (Lipinski definition) is 2. The Kier molecular flexibility index (Phi) is 4.21. The van der Waals surface area contributed by atoms with Crippen LogP contribution in [0.5, 0.6) is 0 Å². The van der Waals surface area contributed by atoms with E-state index in [0.717, 1.165) is 25.1 Å². The van der Waals surface area contributed by atoms with Crippen LogP contribution in [0.25, 0.3) is 0 Å². The van der Waals surface area contributed by atoms with Crippen LogP contribution in [0.2, 0.25) is 0 Å². The highest BCUT2D eigenvalue weighted by molar-refractivity contribution is 5.93. The summed E-state index contributed by atoms with van der Waals surface area (Å²) in [5, 5.41) is 5.95. The summed E-state index contributed by atoms with van der Waals surface area (Å²) in [4.78, 5) is 11.5. The minimum absolute atomic E-state index is 0.0411. The lowest BCUT2D eigenvalue weighted by Gasteiger charge is -2.21. The quantitative estimate of drug-likeness (QED) is 0.387. The van der Waals surface area contributed by atoms with Gasteiger partial charge in [-0.2, -0.15) is 0 Å². The SMILES string of the molecule is CC#CCCNC(=O)C(C)=C1CNC1. The molecule has 2 N–H and O–H groups in total. The van der Waals surface area contributed by atoms with Crippen LogP contribution in [0, 0.1) is 11.8 Å². The second-order valence-electron chi connectivity index (χ2n) is 3.26. The van der Waals surface area contributed by atoms with E-state index in [0.29, 0.717) is 6.54 Å². The minimum atomic E-state index is 0.0411. The van der Waals surface area contributed by atoms with E-state index in [2.05, 4.69) is 22.5 Å². The van der Waals surface area contributed by atoms with Crippen LogP contribution in [0.1, 0.15) is 20.3 Å². The van der Waals surface area contributed by atoms with Gasteiger partial charge in [0.15, 0.2) is 0 Å². The molecular formula is C11H16N2O. The third-order valence-electron chi connectivity index (χ3n) is 2.26. The van der Waals surface area contributed by atoms with Crippen molar-refractivity contribution >= 4 is 5.91 Å². The van der Waals surface area contributed by atoms with Gasteiger partial charge in [-0.1, -0.05) is 0 Å². The predicted molar refractivity (Wildman–Crippen MR) is 56.6 cm³/mol. The molecule has 0 aromatic heterocycles. The number of carbonyl (C=O) groups is 1. The fourth-order valence-electron chi connectivity index (χ4n) is 1.17. The molecule has 1 saturated heterocycles. The van der Waals surface area contributed by atoms with Gasteiger partial charge in [0.1, 0.15) is 0 Å². The summed E-state index contributed by atoms with van der Waals surface area (Å²) >= 11 is 0. The molecule has 0 saturated carbocycles. The minimum Gasteiger partial charge on any atom is -0.351 e. The molecule has 0 radical (unpaired) electrons. The Bertz CT molecular complexity index is 301. The molecule has 0 aromatic carbocycles. The van der Waals surface area contributed by atoms with Crippen molar-refractivity contribution in [3.8, 4) is 11.8 Å². The molecular weight excluding hydrogens is 176 g/mol. The highest BCUT2D eigenvalue weighted by atomic mass is 16.1. The summed E-state index contributed by atoms with van der Waals surface area (Å²) in [5.41, 5.74) is 2.07. The Hall–Kier alpha value is -1.27. The fourth-order valence-corrected chi connectivity index (χ4v) is 1.17. The predicted octanol–water partition coefficient (Wildman–Crippen LogP) is 0.436. The maximum atomic E-state index is 11.5. The van der Waals surface area contributed by atoms with Crippen molar-refractivity contribution in [2.75, 3.05) is 19.6 Å². The Morgan fingerprint density at radius 3 is 2.79 bits per heavy atom. The molecule has 1 aliphatic rings. The van der Waals surface area contributed by atoms with E-state index in [1.165, 1.54) is 5.57 Å². The lowest BCUT2D eigenvalue weighted by Crippen LogP contribution is -2.37. The van der Waals surface area contributed by atoms with E-state index in [1.807, 2.05) is 6.92 Å². The van der Waals surface area contributed by atoms with Gasteiger partial charge in [-0.25, -0.2) is 0 Å². The first kappa shape index (κ1) is 10.8. The van der Waals surface area contributed by atoms with Gasteiger partial charge in [-0.15, -0.1) is 11.8 Å². The summed E-state index contributed by atoms with van der Waals surface area (Å²) in [6, 6.07) is 0. The van der Waals surface area contributed by atoms with Gasteiger partial charge < -0.3 is 10.6 Å². The van der Waals surface area contributed by atoms with Crippen molar-refractivity contribution in [2.45, 2.75) is 20.3 Å². The first-order valence-corrected chi connectivity index (χ1v) is 4.83. The van der Waals surface area contributed by atoms with E-state index in [1.54, 1.807) is 6.92 Å². The van der Waals surface area contributed by atoms with E-state index >= 15 is 0 Å². The van der Waals surface area contributed by atoms with Crippen LogP contribution in [0.3, 0.4) is 0 Å². The molecule has 76 valence electrons. The van der Waals surface area contributed by atoms with Crippen molar-refractivity contribution in [1.29, 1.82) is 0 Å². The average molecular weight is 192 g/mol. The van der Waals surface area contributed by atoms with E-state index in [-0.39, 0.29) is 5.91 Å². The maximum Gasteiger partial charge on any atom is 0.246 e. The molecule has 1 aliphatic heterocycles. The fraction of sp³-hybridized carbons (Fsp3) is 0.545. The topological polar surface area (TPSA) is 41.1 Å². The van der Waals surface area contributed by atoms with E-state index in [4.69, 9.17) is 0 Å². The zero-order chi connectivity index (χ0) is 10.4. The second kappa shape index (κ2) is 5.46. The van der Waals surface area contributed by atoms with Crippen molar-refractivity contribution in [1.82, 2.24) is 10.6 Å². The summed E-state index contributed by atoms with van der Waals surface area (Å²) < 4.78 is 0. The van der Waals surface area contributed by atoms with Crippen LogP contribution in [0.4, 0.5) is 0 Å². The highest BCUT2D eigenvalue weighted by Crippen LogP contribution is 2.08. The molecule has 1 fully saturated rings. The van der Waals surface area contributed by atoms with Gasteiger partial charge in [0, 0.05) is 31.6 Å². The molecule has 3 nitrogen and oxygen atoms in total. The van der Waals surface area contributed by atoms with Gasteiger partial charge in [0.2, 0.25) is 5.91 Å². The Balaban J connectivity index is 2.30. The summed E-state index contributed by atoms with van der Waals surface area (Å²) in [7, 11) is 0. The number of amides is 1. The number of hydrogen-bond acceptors (Lipinski definition) is 2. The molecule has 0 aliphatic carbocycles. The molecule has 1 amide bonds. The lowest BCUT2D eigenvalue weighted by atomic mass is 10.0. The zero-order valence-corrected chi connectivity index (χ0v) is 8.74. The van der Waals surface area contributed by atoms with Crippen LogP contribution >= 0.6 is 0 Å². The maximum absolute atomic E-state index is 11.5. The molecule has 0 atom stereocenters. The first-order valence-electron chi connectivity index (χ1n) is 4.83. The van der Waals surface area contributed by atoms with Gasteiger partial charge in [0.25, 0.3) is 0 Å². The largest absolute Gasteiger partial charge is 0.351 e. The highest BCUT2D eigenvalue weighted by Gasteiger charge is 2.15. The van der Waals surface area contributed by atoms with E-state index in [9.17, 15) is 4.79 Å². The van der Waals surface area contributed by atoms with Crippen LogP contribution < -0.4 is 10.6 Å². The third kappa shape index (κ3) is 2.90. The monoisotopic (exact) mass is 192 g/mol. The third-order valence-corrected chi connectivity index (χ3v) is 2.26. The molecule has 1 rings (SSSR count). The molecule has 0 unspecified atom stereocenters. The van der Waals surface area contributed by atoms with Crippen LogP contribution in [0.15, 0.2) is 11.1 Å². The Morgan fingerprint density at radius 1 is 1.57 bits per heavy atom. The van der Waals surface area contributed by atoms with Gasteiger partial charge in [-0.3, -0.25) is 4.79 Å². The summed E-state index contributed by atoms with van der Waals surface area (Å²) in [6.07, 6.45) is 0.725. The molecule has 1 heterocycles. The van der Waals surface area contributed by atoms with Crippen molar-refractivity contribution < 1.29 is 4.79 Å². The Morgan fingerprint density at radius 2 is 2.29 bits per heavy atom.